The van der Waals surface area contributed by atoms with E-state index in [9.17, 15) is 4.79 Å². The number of fused-ring (bicyclic) bond motifs is 1. The molecule has 0 aliphatic heterocycles. The van der Waals surface area contributed by atoms with Gasteiger partial charge in [-0.2, -0.15) is 0 Å². The molecule has 0 atom stereocenters. The SMILES string of the molecule is COc1ccc(-c2cc(=Nc3ccc(C(=O)OCC(C)C)cc3)c3c(C)cc(C)cc3o2)cc1OC. The Balaban J connectivity index is 1.82. The maximum atomic E-state index is 12.3. The molecule has 0 N–H and O–H groups in total. The van der Waals surface area contributed by atoms with Crippen molar-refractivity contribution in [2.24, 2.45) is 10.9 Å². The second kappa shape index (κ2) is 10.7. The van der Waals surface area contributed by atoms with Gasteiger partial charge in [0.05, 0.1) is 37.4 Å². The van der Waals surface area contributed by atoms with Gasteiger partial charge in [0.2, 0.25) is 0 Å². The van der Waals surface area contributed by atoms with Gasteiger partial charge in [-0.25, -0.2) is 9.79 Å². The molecule has 0 saturated carbocycles. The molecule has 4 aromatic rings. The van der Waals surface area contributed by atoms with Gasteiger partial charge in [-0.1, -0.05) is 19.9 Å². The maximum Gasteiger partial charge on any atom is 0.338 e. The Kier molecular flexibility index (Phi) is 7.44. The van der Waals surface area contributed by atoms with Crippen LogP contribution < -0.4 is 14.8 Å². The number of esters is 1. The van der Waals surface area contributed by atoms with Gasteiger partial charge in [-0.15, -0.1) is 0 Å². The number of hydrogen-bond acceptors (Lipinski definition) is 6. The first-order valence-corrected chi connectivity index (χ1v) is 11.9. The first-order chi connectivity index (χ1) is 17.3. The lowest BCUT2D eigenvalue weighted by molar-refractivity contribution is 0.0459. The fourth-order valence-electron chi connectivity index (χ4n) is 4.04. The minimum atomic E-state index is -0.332. The first kappa shape index (κ1) is 25.0. The molecule has 0 fully saturated rings. The minimum absolute atomic E-state index is 0.284. The van der Waals surface area contributed by atoms with Crippen LogP contribution in [0.15, 0.2) is 70.1 Å². The summed E-state index contributed by atoms with van der Waals surface area (Å²) in [5.74, 6) is 1.86. The maximum absolute atomic E-state index is 12.3. The van der Waals surface area contributed by atoms with Gasteiger partial charge in [-0.05, 0) is 79.4 Å². The third-order valence-corrected chi connectivity index (χ3v) is 5.76. The fraction of sp³-hybridized carbons (Fsp3) is 0.267. The summed E-state index contributed by atoms with van der Waals surface area (Å²) in [6, 6.07) is 18.8. The topological polar surface area (TPSA) is 70.3 Å². The van der Waals surface area contributed by atoms with E-state index in [1.807, 2.05) is 70.2 Å². The zero-order valence-corrected chi connectivity index (χ0v) is 21.5. The highest BCUT2D eigenvalue weighted by Crippen LogP contribution is 2.33. The number of nitrogens with zero attached hydrogens (tertiary/aromatic N) is 1. The van der Waals surface area contributed by atoms with E-state index in [0.717, 1.165) is 38.7 Å². The number of benzene rings is 3. The molecular formula is C30H31NO5. The van der Waals surface area contributed by atoms with Crippen molar-refractivity contribution >= 4 is 22.6 Å². The summed E-state index contributed by atoms with van der Waals surface area (Å²) >= 11 is 0. The summed E-state index contributed by atoms with van der Waals surface area (Å²) < 4.78 is 22.5. The molecule has 0 radical (unpaired) electrons. The third kappa shape index (κ3) is 5.43. The Morgan fingerprint density at radius 2 is 1.64 bits per heavy atom. The monoisotopic (exact) mass is 485 g/mol. The average molecular weight is 486 g/mol. The summed E-state index contributed by atoms with van der Waals surface area (Å²) in [7, 11) is 3.21. The molecule has 186 valence electrons. The van der Waals surface area contributed by atoms with Crippen LogP contribution in [0.3, 0.4) is 0 Å². The van der Waals surface area contributed by atoms with Crippen molar-refractivity contribution in [2.75, 3.05) is 20.8 Å². The lowest BCUT2D eigenvalue weighted by Crippen LogP contribution is -2.10. The molecule has 0 spiro atoms. The molecular weight excluding hydrogens is 454 g/mol. The standard InChI is InChI=1S/C30H31NO5/c1-18(2)17-35-30(32)21-7-10-23(11-8-21)31-24-16-26(22-9-12-25(33-5)27(15-22)34-6)36-28-14-19(3)13-20(4)29(24)28/h7-16,18H,17H2,1-6H3. The highest BCUT2D eigenvalue weighted by molar-refractivity contribution is 5.89. The van der Waals surface area contributed by atoms with Gasteiger partial charge in [0.15, 0.2) is 11.5 Å². The van der Waals surface area contributed by atoms with Crippen molar-refractivity contribution in [2.45, 2.75) is 27.7 Å². The van der Waals surface area contributed by atoms with E-state index < -0.39 is 0 Å². The first-order valence-electron chi connectivity index (χ1n) is 11.9. The fourth-order valence-corrected chi connectivity index (χ4v) is 4.04. The van der Waals surface area contributed by atoms with Gasteiger partial charge in [-0.3, -0.25) is 0 Å². The van der Waals surface area contributed by atoms with Crippen molar-refractivity contribution in [1.29, 1.82) is 0 Å². The van der Waals surface area contributed by atoms with Crippen molar-refractivity contribution in [3.63, 3.8) is 0 Å². The van der Waals surface area contributed by atoms with Crippen LogP contribution in [0.1, 0.15) is 35.3 Å². The molecule has 6 heteroatoms. The largest absolute Gasteiger partial charge is 0.493 e. The van der Waals surface area contributed by atoms with E-state index in [-0.39, 0.29) is 11.9 Å². The van der Waals surface area contributed by atoms with Crippen LogP contribution in [0.2, 0.25) is 0 Å². The van der Waals surface area contributed by atoms with E-state index in [4.69, 9.17) is 23.6 Å². The van der Waals surface area contributed by atoms with Gasteiger partial charge in [0, 0.05) is 17.0 Å². The molecule has 1 heterocycles. The molecule has 0 amide bonds. The Bertz CT molecular complexity index is 1470. The molecule has 0 aliphatic carbocycles. The number of carbonyl (C=O) groups excluding carboxylic acids is 1. The van der Waals surface area contributed by atoms with Crippen molar-refractivity contribution in [1.82, 2.24) is 0 Å². The van der Waals surface area contributed by atoms with E-state index in [0.29, 0.717) is 29.4 Å². The number of methoxy groups -OCH3 is 2. The highest BCUT2D eigenvalue weighted by atomic mass is 16.5. The van der Waals surface area contributed by atoms with E-state index in [1.54, 1.807) is 26.4 Å². The molecule has 3 aromatic carbocycles. The van der Waals surface area contributed by atoms with Crippen LogP contribution >= 0.6 is 0 Å². The molecule has 0 saturated heterocycles. The summed E-state index contributed by atoms with van der Waals surface area (Å²) in [5, 5.41) is 1.71. The van der Waals surface area contributed by atoms with Crippen LogP contribution in [0.5, 0.6) is 11.5 Å². The number of rotatable bonds is 7. The predicted octanol–water partition coefficient (Wildman–Crippen LogP) is 6.78. The summed E-state index contributed by atoms with van der Waals surface area (Å²) in [6.07, 6.45) is 0. The quantitative estimate of drug-likeness (QED) is 0.270. The second-order valence-corrected chi connectivity index (χ2v) is 9.17. The van der Waals surface area contributed by atoms with Crippen molar-refractivity contribution in [3.05, 3.63) is 82.7 Å². The molecule has 4 rings (SSSR count). The predicted molar refractivity (Wildman–Crippen MR) is 141 cm³/mol. The molecule has 0 unspecified atom stereocenters. The summed E-state index contributed by atoms with van der Waals surface area (Å²) in [6.45, 7) is 8.49. The summed E-state index contributed by atoms with van der Waals surface area (Å²) in [5.41, 5.74) is 4.98. The van der Waals surface area contributed by atoms with Crippen LogP contribution in [-0.2, 0) is 4.74 Å². The van der Waals surface area contributed by atoms with Gasteiger partial charge in [0.1, 0.15) is 11.3 Å². The van der Waals surface area contributed by atoms with Crippen molar-refractivity contribution in [3.8, 4) is 22.8 Å². The smallest absolute Gasteiger partial charge is 0.338 e. The molecule has 6 nitrogen and oxygen atoms in total. The van der Waals surface area contributed by atoms with Crippen LogP contribution in [0.25, 0.3) is 22.3 Å². The number of hydrogen-bond donors (Lipinski definition) is 0. The highest BCUT2D eigenvalue weighted by Gasteiger charge is 2.13. The number of carbonyl (C=O) groups is 1. The number of aryl methyl sites for hydroxylation is 2. The molecule has 0 bridgehead atoms. The van der Waals surface area contributed by atoms with E-state index in [1.165, 1.54) is 0 Å². The second-order valence-electron chi connectivity index (χ2n) is 9.17. The number of ether oxygens (including phenoxy) is 3. The van der Waals surface area contributed by atoms with Gasteiger partial charge < -0.3 is 18.6 Å². The van der Waals surface area contributed by atoms with E-state index >= 15 is 0 Å². The average Bonchev–Trinajstić information content (AvgIpc) is 2.86. The minimum Gasteiger partial charge on any atom is -0.493 e. The van der Waals surface area contributed by atoms with Crippen LogP contribution in [0, 0.1) is 19.8 Å². The lowest BCUT2D eigenvalue weighted by Gasteiger charge is -2.11. The molecule has 1 aromatic heterocycles. The van der Waals surface area contributed by atoms with Crippen LogP contribution in [-0.4, -0.2) is 26.8 Å². The van der Waals surface area contributed by atoms with Crippen molar-refractivity contribution < 1.29 is 23.4 Å². The lowest BCUT2D eigenvalue weighted by atomic mass is 10.0. The van der Waals surface area contributed by atoms with Gasteiger partial charge in [0.25, 0.3) is 0 Å². The third-order valence-electron chi connectivity index (χ3n) is 5.76. The summed E-state index contributed by atoms with van der Waals surface area (Å²) in [4.78, 5) is 17.2. The normalized spacial score (nSPS) is 11.7. The van der Waals surface area contributed by atoms with Gasteiger partial charge >= 0.3 is 5.97 Å². The molecule has 36 heavy (non-hydrogen) atoms. The Morgan fingerprint density at radius 1 is 0.917 bits per heavy atom. The van der Waals surface area contributed by atoms with E-state index in [2.05, 4.69) is 6.07 Å². The Hall–Kier alpha value is -4.06. The Labute approximate surface area is 211 Å². The Morgan fingerprint density at radius 3 is 2.31 bits per heavy atom. The van der Waals surface area contributed by atoms with Crippen LogP contribution in [0.4, 0.5) is 5.69 Å². The zero-order chi connectivity index (χ0) is 25.8. The zero-order valence-electron chi connectivity index (χ0n) is 21.5. The molecule has 0 aliphatic rings.